The van der Waals surface area contributed by atoms with Crippen molar-refractivity contribution in [1.82, 2.24) is 9.80 Å². The minimum absolute atomic E-state index is 0.121. The predicted molar refractivity (Wildman–Crippen MR) is 121 cm³/mol. The van der Waals surface area contributed by atoms with E-state index >= 15 is 0 Å². The van der Waals surface area contributed by atoms with Gasteiger partial charge in [-0.3, -0.25) is 9.59 Å². The third kappa shape index (κ3) is 3.01. The molecule has 2 bridgehead atoms. The second-order valence-corrected chi connectivity index (χ2v) is 10.4. The number of amides is 2. The van der Waals surface area contributed by atoms with E-state index in [1.807, 2.05) is 46.2 Å². The molecule has 2 aliphatic carbocycles. The Morgan fingerprint density at radius 1 is 0.656 bits per heavy atom. The van der Waals surface area contributed by atoms with Gasteiger partial charge in [0.15, 0.2) is 0 Å². The molecule has 0 radical (unpaired) electrons. The first-order chi connectivity index (χ1) is 15.5. The summed E-state index contributed by atoms with van der Waals surface area (Å²) in [6.45, 7) is 1.82. The quantitative estimate of drug-likeness (QED) is 0.812. The summed E-state index contributed by atoms with van der Waals surface area (Å²) in [4.78, 5) is 30.7. The highest BCUT2D eigenvalue weighted by Gasteiger charge is 2.63. The number of aliphatic hydroxyl groups is 1. The van der Waals surface area contributed by atoms with Gasteiger partial charge in [0.25, 0.3) is 0 Å². The highest BCUT2D eigenvalue weighted by Crippen LogP contribution is 2.51. The first-order valence-corrected chi connectivity index (χ1v) is 11.9. The van der Waals surface area contributed by atoms with Crippen LogP contribution in [0.4, 0.5) is 0 Å². The van der Waals surface area contributed by atoms with Crippen LogP contribution in [0.25, 0.3) is 0 Å². The molecule has 2 heterocycles. The third-order valence-corrected chi connectivity index (χ3v) is 8.11. The number of carbonyl (C=O) groups is 2. The molecule has 1 N–H and O–H groups in total. The first kappa shape index (κ1) is 20.0. The van der Waals surface area contributed by atoms with Crippen LogP contribution in [-0.4, -0.2) is 59.0 Å². The second-order valence-electron chi connectivity index (χ2n) is 10.4. The number of piperidine rings is 2. The summed E-state index contributed by atoms with van der Waals surface area (Å²) >= 11 is 0. The Morgan fingerprint density at radius 2 is 1.00 bits per heavy atom. The van der Waals surface area contributed by atoms with Crippen molar-refractivity contribution in [3.8, 4) is 0 Å². The fourth-order valence-electron chi connectivity index (χ4n) is 6.16. The minimum atomic E-state index is -0.706. The van der Waals surface area contributed by atoms with Gasteiger partial charge in [-0.2, -0.15) is 0 Å². The first-order valence-electron chi connectivity index (χ1n) is 11.9. The smallest absolute Gasteiger partial charge is 0.225 e. The Hall–Kier alpha value is -2.66. The molecule has 2 saturated heterocycles. The summed E-state index contributed by atoms with van der Waals surface area (Å²) < 4.78 is 0. The Bertz CT molecular complexity index is 934. The molecule has 0 unspecified atom stereocenters. The van der Waals surface area contributed by atoms with Gasteiger partial charge >= 0.3 is 0 Å². The summed E-state index contributed by atoms with van der Waals surface area (Å²) in [6, 6.07) is 20.1. The summed E-state index contributed by atoms with van der Waals surface area (Å²) in [6.07, 6.45) is 3.15. The van der Waals surface area contributed by atoms with Crippen LogP contribution in [0, 0.1) is 11.8 Å². The van der Waals surface area contributed by atoms with Crippen LogP contribution in [0.3, 0.4) is 0 Å². The third-order valence-electron chi connectivity index (χ3n) is 8.11. The lowest BCUT2D eigenvalue weighted by atomic mass is 9.56. The van der Waals surface area contributed by atoms with E-state index in [1.165, 1.54) is 0 Å². The standard InChI is InChI=1S/C27H30N2O3/c30-23(19-11-12-19)28-15-26(21-7-3-1-4-8-21)16-29(24(31)20-13-14-20)18-27(17-28,25(26)32)22-9-5-2-6-10-22/h1-10,19-20,25,32H,11-18H2. The van der Waals surface area contributed by atoms with Gasteiger partial charge in [-0.1, -0.05) is 60.7 Å². The topological polar surface area (TPSA) is 60.9 Å². The monoisotopic (exact) mass is 430 g/mol. The highest BCUT2D eigenvalue weighted by atomic mass is 16.3. The van der Waals surface area contributed by atoms with Crippen LogP contribution in [0.1, 0.15) is 36.8 Å². The summed E-state index contributed by atoms with van der Waals surface area (Å²) in [5, 5.41) is 12.1. The molecule has 2 aromatic carbocycles. The van der Waals surface area contributed by atoms with E-state index in [9.17, 15) is 14.7 Å². The van der Waals surface area contributed by atoms with Gasteiger partial charge in [0.05, 0.1) is 16.9 Å². The maximum Gasteiger partial charge on any atom is 0.225 e. The van der Waals surface area contributed by atoms with Crippen molar-refractivity contribution in [2.24, 2.45) is 11.8 Å². The number of carbonyl (C=O) groups excluding carboxylic acids is 2. The van der Waals surface area contributed by atoms with Gasteiger partial charge in [-0.25, -0.2) is 0 Å². The Balaban J connectivity index is 1.52. The van der Waals surface area contributed by atoms with E-state index in [4.69, 9.17) is 0 Å². The maximum absolute atomic E-state index is 13.3. The van der Waals surface area contributed by atoms with Crippen molar-refractivity contribution in [2.45, 2.75) is 42.6 Å². The molecule has 4 fully saturated rings. The van der Waals surface area contributed by atoms with Crippen LogP contribution in [-0.2, 0) is 20.4 Å². The molecule has 5 nitrogen and oxygen atoms in total. The average Bonchev–Trinajstić information content (AvgIpc) is 3.72. The van der Waals surface area contributed by atoms with E-state index in [0.717, 1.165) is 36.8 Å². The number of likely N-dealkylation sites (tertiary alicyclic amines) is 2. The van der Waals surface area contributed by atoms with Gasteiger partial charge in [-0.15, -0.1) is 0 Å². The Labute approximate surface area is 189 Å². The molecule has 0 atom stereocenters. The van der Waals surface area contributed by atoms with Gasteiger partial charge in [0.2, 0.25) is 11.8 Å². The van der Waals surface area contributed by atoms with E-state index in [2.05, 4.69) is 24.3 Å². The van der Waals surface area contributed by atoms with Gasteiger partial charge in [0, 0.05) is 38.0 Å². The van der Waals surface area contributed by atoms with Gasteiger partial charge in [-0.05, 0) is 36.8 Å². The molecule has 0 spiro atoms. The van der Waals surface area contributed by atoms with Gasteiger partial charge < -0.3 is 14.9 Å². The summed E-state index contributed by atoms with van der Waals surface area (Å²) in [7, 11) is 0. The molecule has 0 aromatic heterocycles. The number of nitrogens with zero attached hydrogens (tertiary/aromatic N) is 2. The Kier molecular flexibility index (Phi) is 4.48. The molecular weight excluding hydrogens is 400 g/mol. The highest BCUT2D eigenvalue weighted by molar-refractivity contribution is 5.83. The molecule has 166 valence electrons. The molecule has 6 rings (SSSR count). The van der Waals surface area contributed by atoms with Gasteiger partial charge in [0.1, 0.15) is 0 Å². The Morgan fingerprint density at radius 3 is 1.31 bits per heavy atom. The lowest BCUT2D eigenvalue weighted by Crippen LogP contribution is -2.76. The summed E-state index contributed by atoms with van der Waals surface area (Å²) in [5.74, 6) is 0.658. The maximum atomic E-state index is 13.3. The number of hydrogen-bond acceptors (Lipinski definition) is 3. The number of benzene rings is 2. The normalized spacial score (nSPS) is 32.0. The van der Waals surface area contributed by atoms with Crippen molar-refractivity contribution in [3.63, 3.8) is 0 Å². The number of hydrogen-bond donors (Lipinski definition) is 1. The minimum Gasteiger partial charge on any atom is -0.391 e. The van der Waals surface area contributed by atoms with E-state index in [1.54, 1.807) is 0 Å². The molecule has 2 aromatic rings. The molecule has 32 heavy (non-hydrogen) atoms. The van der Waals surface area contributed by atoms with Crippen molar-refractivity contribution >= 4 is 11.8 Å². The molecule has 2 amide bonds. The lowest BCUT2D eigenvalue weighted by Gasteiger charge is -2.62. The van der Waals surface area contributed by atoms with Crippen molar-refractivity contribution in [1.29, 1.82) is 0 Å². The number of fused-ring (bicyclic) bond motifs is 2. The fourth-order valence-corrected chi connectivity index (χ4v) is 6.16. The zero-order chi connectivity index (χ0) is 21.9. The molecule has 5 heteroatoms. The largest absolute Gasteiger partial charge is 0.391 e. The van der Waals surface area contributed by atoms with E-state index in [-0.39, 0.29) is 23.7 Å². The second kappa shape index (κ2) is 7.17. The molecule has 2 saturated carbocycles. The zero-order valence-electron chi connectivity index (χ0n) is 18.3. The van der Waals surface area contributed by atoms with Crippen molar-refractivity contribution in [3.05, 3.63) is 71.8 Å². The van der Waals surface area contributed by atoms with E-state index < -0.39 is 16.9 Å². The van der Waals surface area contributed by atoms with Crippen molar-refractivity contribution in [2.75, 3.05) is 26.2 Å². The molecular formula is C27H30N2O3. The van der Waals surface area contributed by atoms with E-state index in [0.29, 0.717) is 26.2 Å². The van der Waals surface area contributed by atoms with Crippen LogP contribution in [0.5, 0.6) is 0 Å². The molecule has 4 aliphatic rings. The average molecular weight is 431 g/mol. The molecule has 2 aliphatic heterocycles. The predicted octanol–water partition coefficient (Wildman–Crippen LogP) is 2.73. The zero-order valence-corrected chi connectivity index (χ0v) is 18.3. The van der Waals surface area contributed by atoms with Crippen LogP contribution < -0.4 is 0 Å². The van der Waals surface area contributed by atoms with Crippen LogP contribution in [0.2, 0.25) is 0 Å². The lowest BCUT2D eigenvalue weighted by molar-refractivity contribution is -0.161. The summed E-state index contributed by atoms with van der Waals surface area (Å²) in [5.41, 5.74) is 0.606. The van der Waals surface area contributed by atoms with Crippen molar-refractivity contribution < 1.29 is 14.7 Å². The van der Waals surface area contributed by atoms with Crippen LogP contribution >= 0.6 is 0 Å². The SMILES string of the molecule is O=C(C1CC1)N1CC2(c3ccccc3)CN(C(=O)C3CC3)CC(c3ccccc3)(C1)C2O. The number of rotatable bonds is 4. The number of aliphatic hydroxyl groups excluding tert-OH is 1. The van der Waals surface area contributed by atoms with Crippen LogP contribution in [0.15, 0.2) is 60.7 Å². The fraction of sp³-hybridized carbons (Fsp3) is 0.481.